The lowest BCUT2D eigenvalue weighted by Crippen LogP contribution is -2.55. The summed E-state index contributed by atoms with van der Waals surface area (Å²) in [5, 5.41) is 6.93. The smallest absolute Gasteiger partial charge is 0.242 e. The molecule has 0 aliphatic carbocycles. The number of rotatable bonds is 4. The Morgan fingerprint density at radius 1 is 1.39 bits per heavy atom. The molecule has 1 saturated heterocycles. The third-order valence-electron chi connectivity index (χ3n) is 4.97. The minimum absolute atomic E-state index is 0.0930. The lowest BCUT2D eigenvalue weighted by Gasteiger charge is -2.39. The maximum atomic E-state index is 13.4. The average molecular weight is 483 g/mol. The van der Waals surface area contributed by atoms with Gasteiger partial charge in [0.05, 0.1) is 25.8 Å². The van der Waals surface area contributed by atoms with Crippen LogP contribution in [-0.4, -0.2) is 48.1 Å². The molecule has 1 aliphatic heterocycles. The van der Waals surface area contributed by atoms with Gasteiger partial charge in [-0.1, -0.05) is 11.6 Å². The SMILES string of the molecule is C=S1(=O)NC(c2ccc(-c3ncn(C)n3)s2)CC(C(=O)Nc2ccc(F)c(Cl)c2)N1C. The third-order valence-corrected chi connectivity index (χ3v) is 8.29. The van der Waals surface area contributed by atoms with Gasteiger partial charge in [-0.25, -0.2) is 22.6 Å². The van der Waals surface area contributed by atoms with Gasteiger partial charge in [-0.15, -0.1) is 11.3 Å². The lowest BCUT2D eigenvalue weighted by molar-refractivity contribution is -0.120. The standard InChI is InChI=1S/C19H20ClFN6O2S2/c1-26-10-22-18(24-26)17-7-6-16(30-17)14-9-15(27(2)31(3,29)25-14)19(28)23-11-4-5-13(21)12(20)8-11/h4-8,10,14-15H,3,9H2,1-2H3,(H,23,28)(H,25,29). The van der Waals surface area contributed by atoms with Crippen molar-refractivity contribution in [3.63, 3.8) is 0 Å². The number of anilines is 1. The van der Waals surface area contributed by atoms with Gasteiger partial charge in [-0.3, -0.25) is 9.48 Å². The summed E-state index contributed by atoms with van der Waals surface area (Å²) in [5.74, 6) is 3.44. The molecule has 0 radical (unpaired) electrons. The Morgan fingerprint density at radius 3 is 2.84 bits per heavy atom. The topological polar surface area (TPSA) is 92.1 Å². The summed E-state index contributed by atoms with van der Waals surface area (Å²) >= 11 is 7.27. The van der Waals surface area contributed by atoms with Gasteiger partial charge >= 0.3 is 0 Å². The van der Waals surface area contributed by atoms with Crippen LogP contribution in [-0.2, 0) is 21.7 Å². The molecule has 8 nitrogen and oxygen atoms in total. The minimum atomic E-state index is -2.90. The van der Waals surface area contributed by atoms with Gasteiger partial charge in [0.25, 0.3) is 0 Å². The normalized spacial score (nSPS) is 24.3. The van der Waals surface area contributed by atoms with E-state index in [-0.39, 0.29) is 17.0 Å². The zero-order valence-corrected chi connectivity index (χ0v) is 19.1. The molecule has 1 fully saturated rings. The van der Waals surface area contributed by atoms with Crippen molar-refractivity contribution >= 4 is 50.3 Å². The maximum Gasteiger partial charge on any atom is 0.242 e. The van der Waals surface area contributed by atoms with Gasteiger partial charge in [0.1, 0.15) is 18.2 Å². The van der Waals surface area contributed by atoms with Crippen molar-refractivity contribution in [3.8, 4) is 10.7 Å². The second kappa shape index (κ2) is 8.32. The fourth-order valence-electron chi connectivity index (χ4n) is 3.29. The van der Waals surface area contributed by atoms with Crippen LogP contribution in [0.15, 0.2) is 36.7 Å². The Bertz CT molecular complexity index is 1240. The number of benzene rings is 1. The number of aromatic nitrogens is 3. The lowest BCUT2D eigenvalue weighted by atomic mass is 10.1. The molecule has 2 N–H and O–H groups in total. The number of hydrogen-bond donors (Lipinski definition) is 2. The predicted molar refractivity (Wildman–Crippen MR) is 122 cm³/mol. The summed E-state index contributed by atoms with van der Waals surface area (Å²) in [5.41, 5.74) is 0.357. The Kier molecular flexibility index (Phi) is 5.88. The minimum Gasteiger partial charge on any atom is -0.325 e. The van der Waals surface area contributed by atoms with Crippen molar-refractivity contribution in [3.05, 3.63) is 52.4 Å². The Morgan fingerprint density at radius 2 is 2.16 bits per heavy atom. The molecule has 1 aliphatic rings. The summed E-state index contributed by atoms with van der Waals surface area (Å²) in [4.78, 5) is 19.0. The van der Waals surface area contributed by atoms with E-state index in [0.717, 1.165) is 9.75 Å². The molecule has 3 unspecified atom stereocenters. The number of aryl methyl sites for hydroxylation is 1. The van der Waals surface area contributed by atoms with Crippen molar-refractivity contribution in [2.24, 2.45) is 7.05 Å². The molecule has 2 aromatic heterocycles. The van der Waals surface area contributed by atoms with E-state index in [4.69, 9.17) is 11.6 Å². The van der Waals surface area contributed by atoms with Crippen molar-refractivity contribution in [2.45, 2.75) is 18.5 Å². The molecule has 3 aromatic rings. The van der Waals surface area contributed by atoms with Crippen molar-refractivity contribution in [1.82, 2.24) is 23.8 Å². The molecule has 3 heterocycles. The highest BCUT2D eigenvalue weighted by Gasteiger charge is 2.38. The zero-order chi connectivity index (χ0) is 22.3. The summed E-state index contributed by atoms with van der Waals surface area (Å²) in [6, 6.07) is 6.66. The Balaban J connectivity index is 1.57. The quantitative estimate of drug-likeness (QED) is 0.559. The number of hydrogen-bond acceptors (Lipinski definition) is 5. The fraction of sp³-hybridized carbons (Fsp3) is 0.263. The van der Waals surface area contributed by atoms with Gasteiger partial charge < -0.3 is 5.32 Å². The summed E-state index contributed by atoms with van der Waals surface area (Å²) in [6.45, 7) is 0. The highest BCUT2D eigenvalue weighted by atomic mass is 35.5. The number of carbonyl (C=O) groups is 1. The van der Waals surface area contributed by atoms with Crippen LogP contribution in [0.25, 0.3) is 10.7 Å². The van der Waals surface area contributed by atoms with Crippen LogP contribution in [0.2, 0.25) is 5.02 Å². The first-order chi connectivity index (χ1) is 14.6. The summed E-state index contributed by atoms with van der Waals surface area (Å²) in [7, 11) is 0.468. The molecule has 0 spiro atoms. The van der Waals surface area contributed by atoms with Crippen LogP contribution in [0.4, 0.5) is 10.1 Å². The fourth-order valence-corrected chi connectivity index (χ4v) is 5.98. The van der Waals surface area contributed by atoms with E-state index >= 15 is 0 Å². The number of thiophene rings is 1. The largest absolute Gasteiger partial charge is 0.325 e. The highest BCUT2D eigenvalue weighted by Crippen LogP contribution is 2.35. The summed E-state index contributed by atoms with van der Waals surface area (Å²) < 4.78 is 32.6. The maximum absolute atomic E-state index is 13.4. The number of amides is 1. The van der Waals surface area contributed by atoms with E-state index in [0.29, 0.717) is 17.9 Å². The third kappa shape index (κ3) is 4.51. The molecular formula is C19H20ClFN6O2S2. The van der Waals surface area contributed by atoms with E-state index in [2.05, 4.69) is 26.0 Å². The van der Waals surface area contributed by atoms with E-state index in [9.17, 15) is 13.4 Å². The number of halogens is 2. The van der Waals surface area contributed by atoms with Crippen LogP contribution in [0.3, 0.4) is 0 Å². The van der Waals surface area contributed by atoms with Gasteiger partial charge in [-0.2, -0.15) is 5.10 Å². The monoisotopic (exact) mass is 482 g/mol. The number of likely N-dealkylation sites (N-methyl/N-ethyl adjacent to an activating group) is 1. The predicted octanol–water partition coefficient (Wildman–Crippen LogP) is 2.86. The van der Waals surface area contributed by atoms with Crippen molar-refractivity contribution in [1.29, 1.82) is 0 Å². The number of nitrogens with one attached hydrogen (secondary N) is 2. The second-order valence-electron chi connectivity index (χ2n) is 7.17. The van der Waals surface area contributed by atoms with Gasteiger partial charge in [0, 0.05) is 24.7 Å². The van der Waals surface area contributed by atoms with Crippen LogP contribution in [0, 0.1) is 5.82 Å². The van der Waals surface area contributed by atoms with Crippen molar-refractivity contribution in [2.75, 3.05) is 12.4 Å². The first kappa shape index (κ1) is 21.9. The van der Waals surface area contributed by atoms with Crippen LogP contribution in [0.5, 0.6) is 0 Å². The van der Waals surface area contributed by atoms with Crippen LogP contribution >= 0.6 is 22.9 Å². The highest BCUT2D eigenvalue weighted by molar-refractivity contribution is 7.96. The number of nitrogens with zero attached hydrogens (tertiary/aromatic N) is 4. The molecule has 1 amide bonds. The molecule has 12 heteroatoms. The molecule has 0 bridgehead atoms. The second-order valence-corrected chi connectivity index (χ2v) is 10.8. The van der Waals surface area contributed by atoms with E-state index < -0.39 is 21.8 Å². The number of carbonyl (C=O) groups excluding carboxylic acids is 1. The summed E-state index contributed by atoms with van der Waals surface area (Å²) in [6.07, 6.45) is 1.98. The van der Waals surface area contributed by atoms with Gasteiger partial charge in [0.2, 0.25) is 5.91 Å². The van der Waals surface area contributed by atoms with Crippen molar-refractivity contribution < 1.29 is 13.4 Å². The van der Waals surface area contributed by atoms with E-state index in [1.165, 1.54) is 33.8 Å². The Labute approximate surface area is 188 Å². The zero-order valence-electron chi connectivity index (χ0n) is 16.7. The van der Waals surface area contributed by atoms with Crippen LogP contribution < -0.4 is 10.0 Å². The van der Waals surface area contributed by atoms with E-state index in [1.807, 2.05) is 12.1 Å². The van der Waals surface area contributed by atoms with Gasteiger partial charge in [-0.05, 0) is 42.6 Å². The molecule has 164 valence electrons. The molecule has 0 saturated carbocycles. The van der Waals surface area contributed by atoms with E-state index in [1.54, 1.807) is 25.1 Å². The average Bonchev–Trinajstić information content (AvgIpc) is 3.35. The molecular weight excluding hydrogens is 463 g/mol. The first-order valence-electron chi connectivity index (χ1n) is 9.23. The molecule has 3 atom stereocenters. The molecule has 1 aromatic carbocycles. The first-order valence-corrected chi connectivity index (χ1v) is 12.1. The Hall–Kier alpha value is -2.31. The van der Waals surface area contributed by atoms with Gasteiger partial charge in [0.15, 0.2) is 5.82 Å². The molecule has 31 heavy (non-hydrogen) atoms. The van der Waals surface area contributed by atoms with Crippen LogP contribution in [0.1, 0.15) is 17.3 Å². The molecule has 4 rings (SSSR count).